The lowest BCUT2D eigenvalue weighted by atomic mass is 10.2. The molecule has 0 aromatic heterocycles. The molecule has 2 aromatic rings. The molecule has 2 aromatic carbocycles. The number of carboxylic acid groups (broad SMARTS) is 1. The van der Waals surface area contributed by atoms with Crippen LogP contribution in [-0.4, -0.2) is 14.4 Å². The van der Waals surface area contributed by atoms with Gasteiger partial charge in [0.25, 0.3) is 10.0 Å². The number of sulfonamides is 1. The second-order valence-electron chi connectivity index (χ2n) is 4.61. The Hall–Kier alpha value is -2.26. The summed E-state index contributed by atoms with van der Waals surface area (Å²) in [5.74, 6) is -1.45. The molecular formula is C14H8ClF3NO4S-. The number of benzene rings is 2. The topological polar surface area (TPSA) is 86.3 Å². The van der Waals surface area contributed by atoms with Crippen molar-refractivity contribution in [3.63, 3.8) is 0 Å². The van der Waals surface area contributed by atoms with Crippen LogP contribution < -0.4 is 9.83 Å². The standard InChI is InChI=1S/C14H9ClF3NO4S/c15-11-6-3-9(14(16,17)18)7-12(11)24(22,23)19-10-4-1-8(2-5-10)13(20)21/h1-7,19H,(H,20,21)/p-1. The highest BCUT2D eigenvalue weighted by Crippen LogP contribution is 2.33. The maximum absolute atomic E-state index is 12.7. The van der Waals surface area contributed by atoms with Gasteiger partial charge in [0.05, 0.1) is 16.6 Å². The first kappa shape index (κ1) is 18.1. The Morgan fingerprint density at radius 3 is 2.17 bits per heavy atom. The van der Waals surface area contributed by atoms with Crippen molar-refractivity contribution in [3.05, 3.63) is 58.6 Å². The molecule has 0 heterocycles. The highest BCUT2D eigenvalue weighted by Gasteiger charge is 2.32. The van der Waals surface area contributed by atoms with Crippen LogP contribution in [0.15, 0.2) is 47.4 Å². The first-order valence-electron chi connectivity index (χ1n) is 6.22. The summed E-state index contributed by atoms with van der Waals surface area (Å²) >= 11 is 5.69. The van der Waals surface area contributed by atoms with Crippen LogP contribution in [0.5, 0.6) is 0 Å². The van der Waals surface area contributed by atoms with E-state index in [1.165, 1.54) is 0 Å². The molecule has 0 saturated carbocycles. The Labute approximate surface area is 139 Å². The highest BCUT2D eigenvalue weighted by molar-refractivity contribution is 7.92. The van der Waals surface area contributed by atoms with Crippen molar-refractivity contribution in [1.29, 1.82) is 0 Å². The van der Waals surface area contributed by atoms with Crippen LogP contribution >= 0.6 is 11.6 Å². The van der Waals surface area contributed by atoms with Crippen molar-refractivity contribution in [2.24, 2.45) is 0 Å². The van der Waals surface area contributed by atoms with Gasteiger partial charge < -0.3 is 9.90 Å². The Kier molecular flexibility index (Phi) is 4.77. The van der Waals surface area contributed by atoms with Gasteiger partial charge in [-0.1, -0.05) is 23.7 Å². The maximum atomic E-state index is 12.7. The molecule has 0 radical (unpaired) electrons. The molecule has 0 aliphatic carbocycles. The van der Waals surface area contributed by atoms with E-state index >= 15 is 0 Å². The number of aromatic carboxylic acids is 1. The summed E-state index contributed by atoms with van der Waals surface area (Å²) in [6.45, 7) is 0. The minimum atomic E-state index is -4.73. The summed E-state index contributed by atoms with van der Waals surface area (Å²) in [5, 5.41) is 10.2. The zero-order chi connectivity index (χ0) is 18.1. The van der Waals surface area contributed by atoms with Gasteiger partial charge in [-0.25, -0.2) is 8.42 Å². The van der Waals surface area contributed by atoms with Crippen LogP contribution in [0.3, 0.4) is 0 Å². The van der Waals surface area contributed by atoms with Gasteiger partial charge in [0.1, 0.15) is 4.90 Å². The Balaban J connectivity index is 2.38. The average Bonchev–Trinajstić information content (AvgIpc) is 2.46. The van der Waals surface area contributed by atoms with Crippen LogP contribution in [0.2, 0.25) is 5.02 Å². The van der Waals surface area contributed by atoms with Gasteiger partial charge in [0, 0.05) is 5.69 Å². The predicted octanol–water partition coefficient (Wildman–Crippen LogP) is 2.52. The third kappa shape index (κ3) is 3.98. The second kappa shape index (κ2) is 6.33. The molecule has 5 nitrogen and oxygen atoms in total. The number of alkyl halides is 3. The minimum Gasteiger partial charge on any atom is -0.545 e. The first-order chi connectivity index (χ1) is 11.0. The van der Waals surface area contributed by atoms with E-state index in [2.05, 4.69) is 0 Å². The largest absolute Gasteiger partial charge is 0.545 e. The molecule has 2 rings (SSSR count). The second-order valence-corrected chi connectivity index (χ2v) is 6.67. The van der Waals surface area contributed by atoms with Crippen LogP contribution in [-0.2, 0) is 16.2 Å². The van der Waals surface area contributed by atoms with Crippen LogP contribution in [0.25, 0.3) is 0 Å². The monoisotopic (exact) mass is 378 g/mol. The van der Waals surface area contributed by atoms with Crippen LogP contribution in [0.1, 0.15) is 15.9 Å². The average molecular weight is 379 g/mol. The van der Waals surface area contributed by atoms with Crippen molar-refractivity contribution in [2.45, 2.75) is 11.1 Å². The van der Waals surface area contributed by atoms with E-state index in [4.69, 9.17) is 11.6 Å². The van der Waals surface area contributed by atoms with E-state index in [-0.39, 0.29) is 16.3 Å². The van der Waals surface area contributed by atoms with E-state index in [0.29, 0.717) is 12.1 Å². The SMILES string of the molecule is O=C([O-])c1ccc(NS(=O)(=O)c2cc(C(F)(F)F)ccc2Cl)cc1. The fraction of sp³-hybridized carbons (Fsp3) is 0.0714. The quantitative estimate of drug-likeness (QED) is 0.885. The van der Waals surface area contributed by atoms with E-state index in [0.717, 1.165) is 30.3 Å². The number of hydrogen-bond acceptors (Lipinski definition) is 4. The Bertz CT molecular complexity index is 880. The molecule has 0 aliphatic rings. The van der Waals surface area contributed by atoms with Gasteiger partial charge >= 0.3 is 6.18 Å². The third-order valence-corrected chi connectivity index (χ3v) is 4.78. The zero-order valence-electron chi connectivity index (χ0n) is 11.6. The molecule has 0 spiro atoms. The molecule has 0 bridgehead atoms. The molecule has 0 unspecified atom stereocenters. The van der Waals surface area contributed by atoms with Crippen molar-refractivity contribution in [3.8, 4) is 0 Å². The molecule has 0 amide bonds. The Morgan fingerprint density at radius 1 is 1.08 bits per heavy atom. The number of rotatable bonds is 4. The molecule has 0 atom stereocenters. The van der Waals surface area contributed by atoms with Crippen molar-refractivity contribution in [1.82, 2.24) is 0 Å². The van der Waals surface area contributed by atoms with E-state index < -0.39 is 32.6 Å². The van der Waals surface area contributed by atoms with Crippen LogP contribution in [0, 0.1) is 0 Å². The number of carbonyl (C=O) groups excluding carboxylic acids is 1. The number of carboxylic acids is 1. The molecule has 24 heavy (non-hydrogen) atoms. The summed E-state index contributed by atoms with van der Waals surface area (Å²) in [7, 11) is -4.40. The number of nitrogens with one attached hydrogen (secondary N) is 1. The summed E-state index contributed by atoms with van der Waals surface area (Å²) < 4.78 is 64.6. The summed E-state index contributed by atoms with van der Waals surface area (Å²) in [6.07, 6.45) is -4.73. The van der Waals surface area contributed by atoms with E-state index in [1.54, 1.807) is 0 Å². The summed E-state index contributed by atoms with van der Waals surface area (Å²) in [6, 6.07) is 6.34. The van der Waals surface area contributed by atoms with Crippen LogP contribution in [0.4, 0.5) is 18.9 Å². The minimum absolute atomic E-state index is 0.0477. The van der Waals surface area contributed by atoms with Gasteiger partial charge in [0.15, 0.2) is 0 Å². The fourth-order valence-corrected chi connectivity index (χ4v) is 3.36. The van der Waals surface area contributed by atoms with E-state index in [9.17, 15) is 31.5 Å². The fourth-order valence-electron chi connectivity index (χ4n) is 1.77. The lowest BCUT2D eigenvalue weighted by Gasteiger charge is -2.13. The maximum Gasteiger partial charge on any atom is 0.416 e. The molecule has 1 N–H and O–H groups in total. The van der Waals surface area contributed by atoms with Crippen molar-refractivity contribution >= 4 is 33.3 Å². The molecule has 10 heteroatoms. The first-order valence-corrected chi connectivity index (χ1v) is 8.08. The van der Waals surface area contributed by atoms with Gasteiger partial charge in [0.2, 0.25) is 0 Å². The predicted molar refractivity (Wildman–Crippen MR) is 78.0 cm³/mol. The highest BCUT2D eigenvalue weighted by atomic mass is 35.5. The number of carbonyl (C=O) groups is 1. The normalized spacial score (nSPS) is 12.0. The zero-order valence-corrected chi connectivity index (χ0v) is 13.2. The van der Waals surface area contributed by atoms with Crippen molar-refractivity contribution in [2.75, 3.05) is 4.72 Å². The number of halogens is 4. The van der Waals surface area contributed by atoms with Gasteiger partial charge in [-0.2, -0.15) is 13.2 Å². The molecule has 0 saturated heterocycles. The summed E-state index contributed by atoms with van der Waals surface area (Å²) in [4.78, 5) is 9.87. The van der Waals surface area contributed by atoms with E-state index in [1.807, 2.05) is 4.72 Å². The lowest BCUT2D eigenvalue weighted by Crippen LogP contribution is -2.22. The molecule has 0 fully saturated rings. The Morgan fingerprint density at radius 2 is 1.67 bits per heavy atom. The van der Waals surface area contributed by atoms with Gasteiger partial charge in [-0.05, 0) is 35.9 Å². The number of anilines is 1. The van der Waals surface area contributed by atoms with Crippen molar-refractivity contribution < 1.29 is 31.5 Å². The molecule has 0 aliphatic heterocycles. The summed E-state index contributed by atoms with van der Waals surface area (Å²) in [5.41, 5.74) is -1.40. The van der Waals surface area contributed by atoms with Gasteiger partial charge in [-0.15, -0.1) is 0 Å². The lowest BCUT2D eigenvalue weighted by molar-refractivity contribution is -0.255. The smallest absolute Gasteiger partial charge is 0.416 e. The molecule has 128 valence electrons. The third-order valence-electron chi connectivity index (χ3n) is 2.92. The number of hydrogen-bond donors (Lipinski definition) is 1. The van der Waals surface area contributed by atoms with Gasteiger partial charge in [-0.3, -0.25) is 4.72 Å². The molecular weight excluding hydrogens is 371 g/mol.